The molecule has 0 bridgehead atoms. The van der Waals surface area contributed by atoms with Crippen molar-refractivity contribution < 1.29 is 5.11 Å². The molecule has 0 spiro atoms. The van der Waals surface area contributed by atoms with E-state index in [1.807, 2.05) is 0 Å². The Balaban J connectivity index is 2.23. The fraction of sp³-hybridized carbons (Fsp3) is 0.875. The normalized spacial score (nSPS) is 13.1. The maximum absolute atomic E-state index is 9.56. The lowest BCUT2D eigenvalue weighted by Gasteiger charge is -2.08. The van der Waals surface area contributed by atoms with Crippen molar-refractivity contribution in [3.05, 3.63) is 5.82 Å². The fourth-order valence-corrected chi connectivity index (χ4v) is 1.13. The van der Waals surface area contributed by atoms with Gasteiger partial charge in [0.1, 0.15) is 0 Å². The topological polar surface area (TPSA) is 75.9 Å². The van der Waals surface area contributed by atoms with E-state index < -0.39 is 6.10 Å². The Bertz CT molecular complexity index is 262. The predicted molar refractivity (Wildman–Crippen MR) is 51.7 cm³/mol. The molecule has 2 N–H and O–H groups in total. The summed E-state index contributed by atoms with van der Waals surface area (Å²) in [6.07, 6.45) is 1.08. The van der Waals surface area contributed by atoms with Crippen LogP contribution in [0.1, 0.15) is 19.2 Å². The fourth-order valence-electron chi connectivity index (χ4n) is 1.13. The molecule has 0 aliphatic heterocycles. The molecule has 1 aromatic heterocycles. The molecule has 14 heavy (non-hydrogen) atoms. The summed E-state index contributed by atoms with van der Waals surface area (Å²) in [6, 6.07) is 0. The van der Waals surface area contributed by atoms with E-state index in [9.17, 15) is 5.11 Å². The highest BCUT2D eigenvalue weighted by Crippen LogP contribution is 1.93. The average Bonchev–Trinajstić information content (AvgIpc) is 2.52. The van der Waals surface area contributed by atoms with E-state index >= 15 is 0 Å². The summed E-state index contributed by atoms with van der Waals surface area (Å²) in [6.45, 7) is 3.58. The molecular formula is C8H17N5O. The highest BCUT2D eigenvalue weighted by atomic mass is 16.3. The molecule has 6 nitrogen and oxygen atoms in total. The van der Waals surface area contributed by atoms with Gasteiger partial charge in [0.25, 0.3) is 0 Å². The smallest absolute Gasteiger partial charge is 0.177 e. The van der Waals surface area contributed by atoms with Gasteiger partial charge in [0.15, 0.2) is 5.82 Å². The van der Waals surface area contributed by atoms with Crippen LogP contribution in [0.5, 0.6) is 0 Å². The molecular weight excluding hydrogens is 182 g/mol. The molecule has 0 aliphatic carbocycles. The van der Waals surface area contributed by atoms with Crippen LogP contribution in [0.3, 0.4) is 0 Å². The van der Waals surface area contributed by atoms with Crippen LogP contribution in [-0.2, 0) is 13.5 Å². The van der Waals surface area contributed by atoms with Gasteiger partial charge in [-0.25, -0.2) is 0 Å². The molecule has 1 heterocycles. The number of aromatic nitrogens is 4. The molecule has 0 fully saturated rings. The first-order chi connectivity index (χ1) is 6.72. The number of tetrazole rings is 1. The Kier molecular flexibility index (Phi) is 4.48. The monoisotopic (exact) mass is 199 g/mol. The molecule has 0 aliphatic rings. The highest BCUT2D eigenvalue weighted by Gasteiger charge is 2.08. The van der Waals surface area contributed by atoms with Crippen molar-refractivity contribution in [1.82, 2.24) is 25.5 Å². The van der Waals surface area contributed by atoms with Gasteiger partial charge in [0, 0.05) is 13.0 Å². The standard InChI is InChI=1S/C8H17N5O/c1-3-4-9-6-7(14)5-8-10-12-13(2)11-8/h7,9,14H,3-6H2,1-2H3. The van der Waals surface area contributed by atoms with E-state index in [-0.39, 0.29) is 0 Å². The largest absolute Gasteiger partial charge is 0.391 e. The minimum atomic E-state index is -0.439. The van der Waals surface area contributed by atoms with Crippen molar-refractivity contribution in [2.24, 2.45) is 7.05 Å². The lowest BCUT2D eigenvalue weighted by molar-refractivity contribution is 0.169. The van der Waals surface area contributed by atoms with E-state index in [2.05, 4.69) is 27.7 Å². The summed E-state index contributed by atoms with van der Waals surface area (Å²) in [5, 5.41) is 24.2. The number of aliphatic hydroxyl groups is 1. The SMILES string of the molecule is CCCNCC(O)Cc1nnn(C)n1. The maximum atomic E-state index is 9.56. The Morgan fingerprint density at radius 3 is 2.93 bits per heavy atom. The molecule has 0 amide bonds. The third kappa shape index (κ3) is 3.80. The van der Waals surface area contributed by atoms with Crippen LogP contribution in [0.25, 0.3) is 0 Å². The average molecular weight is 199 g/mol. The van der Waals surface area contributed by atoms with Gasteiger partial charge >= 0.3 is 0 Å². The lowest BCUT2D eigenvalue weighted by atomic mass is 10.2. The molecule has 1 aromatic rings. The van der Waals surface area contributed by atoms with E-state index in [1.54, 1.807) is 7.05 Å². The van der Waals surface area contributed by atoms with Gasteiger partial charge in [-0.3, -0.25) is 0 Å². The van der Waals surface area contributed by atoms with Crippen molar-refractivity contribution in [1.29, 1.82) is 0 Å². The van der Waals surface area contributed by atoms with Gasteiger partial charge in [0.2, 0.25) is 0 Å². The second-order valence-corrected chi connectivity index (χ2v) is 3.26. The first-order valence-electron chi connectivity index (χ1n) is 4.84. The molecule has 6 heteroatoms. The van der Waals surface area contributed by atoms with Crippen LogP contribution < -0.4 is 5.32 Å². The highest BCUT2D eigenvalue weighted by molar-refractivity contribution is 4.81. The Morgan fingerprint density at radius 1 is 1.57 bits per heavy atom. The summed E-state index contributed by atoms with van der Waals surface area (Å²) in [5.41, 5.74) is 0. The third-order valence-electron chi connectivity index (χ3n) is 1.77. The van der Waals surface area contributed by atoms with Crippen LogP contribution in [0.4, 0.5) is 0 Å². The van der Waals surface area contributed by atoms with Crippen LogP contribution in [0, 0.1) is 0 Å². The summed E-state index contributed by atoms with van der Waals surface area (Å²) in [4.78, 5) is 1.39. The number of aliphatic hydroxyl groups excluding tert-OH is 1. The van der Waals surface area contributed by atoms with Gasteiger partial charge in [-0.05, 0) is 18.2 Å². The minimum Gasteiger partial charge on any atom is -0.391 e. The Hall–Kier alpha value is -1.01. The minimum absolute atomic E-state index is 0.439. The lowest BCUT2D eigenvalue weighted by Crippen LogP contribution is -2.29. The second kappa shape index (κ2) is 5.66. The molecule has 0 aromatic carbocycles. The quantitative estimate of drug-likeness (QED) is 0.581. The number of hydrogen-bond donors (Lipinski definition) is 2. The summed E-state index contributed by atoms with van der Waals surface area (Å²) in [5.74, 6) is 0.582. The third-order valence-corrected chi connectivity index (χ3v) is 1.77. The van der Waals surface area contributed by atoms with Gasteiger partial charge in [-0.15, -0.1) is 10.2 Å². The number of hydrogen-bond acceptors (Lipinski definition) is 5. The molecule has 1 rings (SSSR count). The maximum Gasteiger partial charge on any atom is 0.177 e. The summed E-state index contributed by atoms with van der Waals surface area (Å²) in [7, 11) is 1.71. The predicted octanol–water partition coefficient (Wildman–Crippen LogP) is -0.887. The summed E-state index contributed by atoms with van der Waals surface area (Å²) >= 11 is 0. The number of aryl methyl sites for hydroxylation is 1. The molecule has 1 unspecified atom stereocenters. The van der Waals surface area contributed by atoms with E-state index in [0.29, 0.717) is 18.8 Å². The van der Waals surface area contributed by atoms with E-state index in [0.717, 1.165) is 13.0 Å². The van der Waals surface area contributed by atoms with E-state index in [1.165, 1.54) is 4.80 Å². The Morgan fingerprint density at radius 2 is 2.36 bits per heavy atom. The zero-order valence-electron chi connectivity index (χ0n) is 8.64. The molecule has 0 saturated heterocycles. The van der Waals surface area contributed by atoms with Crippen molar-refractivity contribution >= 4 is 0 Å². The first kappa shape index (κ1) is 11.1. The molecule has 0 radical (unpaired) electrons. The second-order valence-electron chi connectivity index (χ2n) is 3.26. The van der Waals surface area contributed by atoms with Crippen molar-refractivity contribution in [2.45, 2.75) is 25.9 Å². The molecule has 80 valence electrons. The van der Waals surface area contributed by atoms with Gasteiger partial charge in [-0.2, -0.15) is 4.80 Å². The van der Waals surface area contributed by atoms with Crippen molar-refractivity contribution in [2.75, 3.05) is 13.1 Å². The van der Waals surface area contributed by atoms with Crippen LogP contribution >= 0.6 is 0 Å². The van der Waals surface area contributed by atoms with Crippen LogP contribution in [0.15, 0.2) is 0 Å². The van der Waals surface area contributed by atoms with Crippen molar-refractivity contribution in [3.63, 3.8) is 0 Å². The molecule has 1 atom stereocenters. The number of nitrogens with one attached hydrogen (secondary N) is 1. The van der Waals surface area contributed by atoms with Gasteiger partial charge in [0.05, 0.1) is 13.2 Å². The van der Waals surface area contributed by atoms with Gasteiger partial charge < -0.3 is 10.4 Å². The Labute approximate surface area is 83.3 Å². The van der Waals surface area contributed by atoms with E-state index in [4.69, 9.17) is 0 Å². The summed E-state index contributed by atoms with van der Waals surface area (Å²) < 4.78 is 0. The first-order valence-corrected chi connectivity index (χ1v) is 4.84. The zero-order chi connectivity index (χ0) is 10.4. The van der Waals surface area contributed by atoms with Crippen molar-refractivity contribution in [3.8, 4) is 0 Å². The zero-order valence-corrected chi connectivity index (χ0v) is 8.64. The molecule has 0 saturated carbocycles. The van der Waals surface area contributed by atoms with Crippen LogP contribution in [0.2, 0.25) is 0 Å². The van der Waals surface area contributed by atoms with Gasteiger partial charge in [-0.1, -0.05) is 6.92 Å². The number of nitrogens with zero attached hydrogens (tertiary/aromatic N) is 4. The number of rotatable bonds is 6. The van der Waals surface area contributed by atoms with Crippen LogP contribution in [-0.4, -0.2) is 44.5 Å².